The predicted molar refractivity (Wildman–Crippen MR) is 170 cm³/mol. The highest BCUT2D eigenvalue weighted by Crippen LogP contribution is 2.40. The summed E-state index contributed by atoms with van der Waals surface area (Å²) in [5.41, 5.74) is 1.41. The third kappa shape index (κ3) is 5.94. The van der Waals surface area contributed by atoms with Gasteiger partial charge in [-0.1, -0.05) is 19.1 Å². The van der Waals surface area contributed by atoms with Gasteiger partial charge in [0.1, 0.15) is 22.7 Å². The molecule has 1 saturated heterocycles. The molecule has 0 atom stereocenters. The largest absolute Gasteiger partial charge is 0.455 e. The van der Waals surface area contributed by atoms with Crippen LogP contribution in [-0.4, -0.2) is 56.2 Å². The monoisotopic (exact) mass is 643 g/mol. The number of aromatic nitrogens is 2. The standard InChI is InChI=1S/C33H30FN5O6S/c1-3-14-46(42,43)39-26-17-27-25(28(31(41)35-2)29(45-27)20-8-10-23(34)11-9-20)16-24(26)21-6-4-7-22(15-21)30(40)38-33(18-44-19-33)32-36-12-5-13-37-32/h4-13,15-17,39H,3,14,18-19H2,1-2H3,(H,35,41)(H,38,40). The van der Waals surface area contributed by atoms with Crippen LogP contribution < -0.4 is 15.4 Å². The highest BCUT2D eigenvalue weighted by atomic mass is 32.2. The fourth-order valence-electron chi connectivity index (χ4n) is 5.34. The fourth-order valence-corrected chi connectivity index (χ4v) is 6.48. The van der Waals surface area contributed by atoms with Crippen LogP contribution in [0.2, 0.25) is 0 Å². The van der Waals surface area contributed by atoms with Gasteiger partial charge in [0.05, 0.1) is 30.2 Å². The third-order valence-corrected chi connectivity index (χ3v) is 9.08. The Morgan fingerprint density at radius 1 is 0.957 bits per heavy atom. The van der Waals surface area contributed by atoms with Crippen molar-refractivity contribution in [2.24, 2.45) is 0 Å². The lowest BCUT2D eigenvalue weighted by Gasteiger charge is -2.40. The number of fused-ring (bicyclic) bond motifs is 1. The first-order chi connectivity index (χ1) is 22.1. The van der Waals surface area contributed by atoms with Crippen LogP contribution in [-0.2, 0) is 20.3 Å². The summed E-state index contributed by atoms with van der Waals surface area (Å²) in [6, 6.07) is 17.0. The minimum Gasteiger partial charge on any atom is -0.455 e. The van der Waals surface area contributed by atoms with Crippen LogP contribution in [0.15, 0.2) is 83.5 Å². The van der Waals surface area contributed by atoms with E-state index in [0.29, 0.717) is 39.9 Å². The van der Waals surface area contributed by atoms with Crippen molar-refractivity contribution >= 4 is 38.5 Å². The van der Waals surface area contributed by atoms with Gasteiger partial charge in [0.2, 0.25) is 10.0 Å². The summed E-state index contributed by atoms with van der Waals surface area (Å²) >= 11 is 0. The molecule has 0 aliphatic carbocycles. The number of sulfonamides is 1. The molecule has 1 fully saturated rings. The molecule has 236 valence electrons. The molecule has 3 heterocycles. The molecule has 11 nitrogen and oxygen atoms in total. The van der Waals surface area contributed by atoms with Crippen molar-refractivity contribution in [1.29, 1.82) is 0 Å². The first kappa shape index (κ1) is 30.9. The van der Waals surface area contributed by atoms with E-state index in [-0.39, 0.29) is 41.6 Å². The average Bonchev–Trinajstić information content (AvgIpc) is 3.40. The molecule has 6 rings (SSSR count). The Balaban J connectivity index is 1.47. The van der Waals surface area contributed by atoms with Crippen LogP contribution in [0.4, 0.5) is 10.1 Å². The zero-order valence-corrected chi connectivity index (χ0v) is 25.8. The number of anilines is 1. The summed E-state index contributed by atoms with van der Waals surface area (Å²) in [6.07, 6.45) is 3.57. The lowest BCUT2D eigenvalue weighted by molar-refractivity contribution is -0.0777. The maximum Gasteiger partial charge on any atom is 0.255 e. The number of halogens is 1. The van der Waals surface area contributed by atoms with Crippen LogP contribution in [0, 0.1) is 5.82 Å². The Bertz CT molecular complexity index is 2040. The average molecular weight is 644 g/mol. The minimum atomic E-state index is -3.76. The van der Waals surface area contributed by atoms with Gasteiger partial charge in [-0.15, -0.1) is 0 Å². The Kier molecular flexibility index (Phi) is 8.28. The fraction of sp³-hybridized carbons (Fsp3) is 0.212. The second-order valence-electron chi connectivity index (χ2n) is 10.9. The third-order valence-electron chi connectivity index (χ3n) is 7.61. The Labute approximate surface area is 264 Å². The highest BCUT2D eigenvalue weighted by Gasteiger charge is 2.44. The maximum atomic E-state index is 13.7. The van der Waals surface area contributed by atoms with Crippen molar-refractivity contribution in [3.63, 3.8) is 0 Å². The smallest absolute Gasteiger partial charge is 0.255 e. The first-order valence-electron chi connectivity index (χ1n) is 14.5. The van der Waals surface area contributed by atoms with E-state index in [4.69, 9.17) is 9.15 Å². The molecule has 2 aromatic heterocycles. The van der Waals surface area contributed by atoms with Crippen LogP contribution in [0.25, 0.3) is 33.4 Å². The second kappa shape index (κ2) is 12.3. The number of hydrogen-bond donors (Lipinski definition) is 3. The van der Waals surface area contributed by atoms with E-state index in [1.807, 2.05) is 0 Å². The van der Waals surface area contributed by atoms with E-state index >= 15 is 0 Å². The van der Waals surface area contributed by atoms with Crippen LogP contribution in [0.1, 0.15) is 39.9 Å². The van der Waals surface area contributed by atoms with Crippen molar-refractivity contribution < 1.29 is 31.6 Å². The van der Waals surface area contributed by atoms with Gasteiger partial charge < -0.3 is 19.8 Å². The molecule has 2 amide bonds. The molecule has 0 radical (unpaired) electrons. The van der Waals surface area contributed by atoms with Crippen LogP contribution in [0.3, 0.4) is 0 Å². The molecular formula is C33H30FN5O6S. The number of amides is 2. The van der Waals surface area contributed by atoms with Crippen molar-refractivity contribution in [2.45, 2.75) is 18.9 Å². The summed E-state index contributed by atoms with van der Waals surface area (Å²) in [6.45, 7) is 2.17. The summed E-state index contributed by atoms with van der Waals surface area (Å²) in [5.74, 6) is -0.804. The normalized spacial score (nSPS) is 14.0. The van der Waals surface area contributed by atoms with Gasteiger partial charge >= 0.3 is 0 Å². The van der Waals surface area contributed by atoms with Gasteiger partial charge in [-0.2, -0.15) is 0 Å². The molecule has 3 N–H and O–H groups in total. The molecule has 3 aromatic carbocycles. The zero-order valence-electron chi connectivity index (χ0n) is 25.0. The molecule has 0 unspecified atom stereocenters. The molecule has 0 bridgehead atoms. The molecule has 0 spiro atoms. The molecule has 1 aliphatic heterocycles. The number of ether oxygens (including phenoxy) is 1. The summed E-state index contributed by atoms with van der Waals surface area (Å²) in [7, 11) is -2.28. The predicted octanol–water partition coefficient (Wildman–Crippen LogP) is 4.86. The SMILES string of the molecule is CCCS(=O)(=O)Nc1cc2oc(-c3ccc(F)cc3)c(C(=O)NC)c2cc1-c1cccc(C(=O)NC2(c3ncccn3)COC2)c1. The van der Waals surface area contributed by atoms with E-state index in [0.717, 1.165) is 0 Å². The van der Waals surface area contributed by atoms with E-state index in [1.54, 1.807) is 55.7 Å². The Morgan fingerprint density at radius 2 is 1.70 bits per heavy atom. The van der Waals surface area contributed by atoms with Gasteiger partial charge in [-0.05, 0) is 60.5 Å². The maximum absolute atomic E-state index is 13.7. The Hall–Kier alpha value is -5.14. The number of carbonyl (C=O) groups excluding carboxylic acids is 2. The topological polar surface area (TPSA) is 153 Å². The summed E-state index contributed by atoms with van der Waals surface area (Å²) in [4.78, 5) is 35.4. The second-order valence-corrected chi connectivity index (χ2v) is 12.7. The van der Waals surface area contributed by atoms with Crippen molar-refractivity contribution in [2.75, 3.05) is 30.7 Å². The van der Waals surface area contributed by atoms with Crippen molar-refractivity contribution in [3.8, 4) is 22.5 Å². The number of benzene rings is 3. The molecule has 46 heavy (non-hydrogen) atoms. The molecule has 13 heteroatoms. The minimum absolute atomic E-state index is 0.124. The van der Waals surface area contributed by atoms with Gasteiger partial charge in [0.15, 0.2) is 5.82 Å². The van der Waals surface area contributed by atoms with Crippen LogP contribution >= 0.6 is 0 Å². The number of hydrogen-bond acceptors (Lipinski definition) is 8. The summed E-state index contributed by atoms with van der Waals surface area (Å²) in [5, 5.41) is 6.02. The number of nitrogens with one attached hydrogen (secondary N) is 3. The molecule has 0 saturated carbocycles. The number of nitrogens with zero attached hydrogens (tertiary/aromatic N) is 2. The lowest BCUT2D eigenvalue weighted by atomic mass is 9.94. The van der Waals surface area contributed by atoms with E-state index in [1.165, 1.54) is 37.4 Å². The van der Waals surface area contributed by atoms with Gasteiger partial charge in [0, 0.05) is 47.6 Å². The zero-order chi connectivity index (χ0) is 32.5. The van der Waals surface area contributed by atoms with Gasteiger partial charge in [-0.3, -0.25) is 14.3 Å². The quantitative estimate of drug-likeness (QED) is 0.195. The number of rotatable bonds is 10. The highest BCUT2D eigenvalue weighted by molar-refractivity contribution is 7.92. The summed E-state index contributed by atoms with van der Waals surface area (Å²) < 4.78 is 53.9. The number of furan rings is 1. The Morgan fingerprint density at radius 3 is 2.35 bits per heavy atom. The van der Waals surface area contributed by atoms with Gasteiger partial charge in [0.25, 0.3) is 11.8 Å². The van der Waals surface area contributed by atoms with Crippen molar-refractivity contribution in [3.05, 3.63) is 102 Å². The molecule has 1 aliphatic rings. The van der Waals surface area contributed by atoms with Crippen LogP contribution in [0.5, 0.6) is 0 Å². The van der Waals surface area contributed by atoms with Crippen molar-refractivity contribution in [1.82, 2.24) is 20.6 Å². The first-order valence-corrected chi connectivity index (χ1v) is 16.2. The molecule has 5 aromatic rings. The van der Waals surface area contributed by atoms with E-state index < -0.39 is 33.2 Å². The van der Waals surface area contributed by atoms with Gasteiger partial charge in [-0.25, -0.2) is 22.8 Å². The molecular weight excluding hydrogens is 613 g/mol. The lowest BCUT2D eigenvalue weighted by Crippen LogP contribution is -2.60. The number of carbonyl (C=O) groups is 2. The van der Waals surface area contributed by atoms with E-state index in [2.05, 4.69) is 25.3 Å². The van der Waals surface area contributed by atoms with E-state index in [9.17, 15) is 22.4 Å².